The predicted molar refractivity (Wildman–Crippen MR) is 99.5 cm³/mol. The van der Waals surface area contributed by atoms with Gasteiger partial charge in [-0.2, -0.15) is 5.10 Å². The van der Waals surface area contributed by atoms with Crippen molar-refractivity contribution >= 4 is 29.0 Å². The third kappa shape index (κ3) is 3.19. The van der Waals surface area contributed by atoms with Crippen molar-refractivity contribution in [2.24, 2.45) is 0 Å². The van der Waals surface area contributed by atoms with E-state index in [1.54, 1.807) is 0 Å². The van der Waals surface area contributed by atoms with E-state index >= 15 is 0 Å². The fraction of sp³-hybridized carbons (Fsp3) is 0.158. The monoisotopic (exact) mass is 333 g/mol. The molecule has 0 spiro atoms. The van der Waals surface area contributed by atoms with Crippen LogP contribution in [0.25, 0.3) is 0 Å². The quantitative estimate of drug-likeness (QED) is 0.762. The van der Waals surface area contributed by atoms with E-state index in [2.05, 4.69) is 51.8 Å². The van der Waals surface area contributed by atoms with Gasteiger partial charge in [-0.1, -0.05) is 30.3 Å². The number of urea groups is 1. The maximum absolute atomic E-state index is 12.1. The molecular weight excluding hydrogens is 314 g/mol. The van der Waals surface area contributed by atoms with Crippen LogP contribution in [-0.2, 0) is 6.54 Å². The number of carbonyl (C=O) groups excluding carboxylic acids is 1. The van der Waals surface area contributed by atoms with Crippen LogP contribution in [0.2, 0.25) is 0 Å². The fourth-order valence-electron chi connectivity index (χ4n) is 3.02. The molecule has 0 unspecified atom stereocenters. The first-order valence-electron chi connectivity index (χ1n) is 8.24. The van der Waals surface area contributed by atoms with Gasteiger partial charge < -0.3 is 10.2 Å². The Morgan fingerprint density at radius 3 is 2.64 bits per heavy atom. The zero-order chi connectivity index (χ0) is 17.2. The summed E-state index contributed by atoms with van der Waals surface area (Å²) < 4.78 is 1.92. The van der Waals surface area contributed by atoms with Gasteiger partial charge in [0.1, 0.15) is 5.82 Å². The Balaban J connectivity index is 1.49. The van der Waals surface area contributed by atoms with Gasteiger partial charge in [0.2, 0.25) is 0 Å². The fourth-order valence-corrected chi connectivity index (χ4v) is 3.02. The number of anilines is 4. The van der Waals surface area contributed by atoms with Crippen molar-refractivity contribution in [1.82, 2.24) is 9.78 Å². The number of para-hydroxylation sites is 1. The SMILES string of the molecule is Cc1cccc(N2CCn3nc(NC(=O)Nc4ccccc4)cc32)c1. The van der Waals surface area contributed by atoms with Crippen molar-refractivity contribution < 1.29 is 4.79 Å². The summed E-state index contributed by atoms with van der Waals surface area (Å²) in [5.74, 6) is 1.53. The standard InChI is InChI=1S/C19H19N5O/c1-14-6-5-9-16(12-14)23-10-11-24-18(23)13-17(22-24)21-19(25)20-15-7-3-2-4-8-15/h2-9,12-13H,10-11H2,1H3,(H2,20,21,22,25). The van der Waals surface area contributed by atoms with Gasteiger partial charge in [-0.05, 0) is 36.8 Å². The summed E-state index contributed by atoms with van der Waals surface area (Å²) in [5.41, 5.74) is 3.10. The predicted octanol–water partition coefficient (Wildman–Crippen LogP) is 3.99. The van der Waals surface area contributed by atoms with Crippen molar-refractivity contribution in [2.45, 2.75) is 13.5 Å². The highest BCUT2D eigenvalue weighted by molar-refractivity contribution is 5.99. The summed E-state index contributed by atoms with van der Waals surface area (Å²) in [4.78, 5) is 14.3. The number of benzene rings is 2. The molecule has 4 rings (SSSR count). The van der Waals surface area contributed by atoms with Crippen LogP contribution >= 0.6 is 0 Å². The summed E-state index contributed by atoms with van der Waals surface area (Å²) in [6.07, 6.45) is 0. The average molecular weight is 333 g/mol. The number of fused-ring (bicyclic) bond motifs is 1. The Labute approximate surface area is 146 Å². The molecule has 0 atom stereocenters. The molecule has 1 aliphatic rings. The summed E-state index contributed by atoms with van der Waals surface area (Å²) in [7, 11) is 0. The van der Waals surface area contributed by atoms with Gasteiger partial charge in [-0.15, -0.1) is 0 Å². The molecule has 0 fully saturated rings. The van der Waals surface area contributed by atoms with E-state index < -0.39 is 0 Å². The Morgan fingerprint density at radius 2 is 1.84 bits per heavy atom. The molecule has 25 heavy (non-hydrogen) atoms. The Hall–Kier alpha value is -3.28. The Kier molecular flexibility index (Phi) is 3.85. The van der Waals surface area contributed by atoms with Crippen LogP contribution in [0.1, 0.15) is 5.56 Å². The van der Waals surface area contributed by atoms with Gasteiger partial charge >= 0.3 is 6.03 Å². The number of nitrogens with one attached hydrogen (secondary N) is 2. The first kappa shape index (κ1) is 15.3. The number of aromatic nitrogens is 2. The van der Waals surface area contributed by atoms with Gasteiger partial charge in [0.25, 0.3) is 0 Å². The molecular formula is C19H19N5O. The Morgan fingerprint density at radius 1 is 1.00 bits per heavy atom. The molecule has 0 saturated carbocycles. The normalized spacial score (nSPS) is 12.8. The number of hydrogen-bond donors (Lipinski definition) is 2. The van der Waals surface area contributed by atoms with Gasteiger partial charge in [0, 0.05) is 24.0 Å². The highest BCUT2D eigenvalue weighted by Crippen LogP contribution is 2.32. The number of nitrogens with zero attached hydrogens (tertiary/aromatic N) is 3. The number of hydrogen-bond acceptors (Lipinski definition) is 3. The zero-order valence-corrected chi connectivity index (χ0v) is 13.9. The molecule has 3 aromatic rings. The summed E-state index contributed by atoms with van der Waals surface area (Å²) >= 11 is 0. The van der Waals surface area contributed by atoms with Crippen LogP contribution < -0.4 is 15.5 Å². The lowest BCUT2D eigenvalue weighted by molar-refractivity contribution is 0.262. The topological polar surface area (TPSA) is 62.2 Å². The molecule has 0 aliphatic carbocycles. The van der Waals surface area contributed by atoms with E-state index in [1.165, 1.54) is 5.56 Å². The molecule has 126 valence electrons. The highest BCUT2D eigenvalue weighted by Gasteiger charge is 2.23. The molecule has 1 aliphatic heterocycles. The molecule has 2 aromatic carbocycles. The van der Waals surface area contributed by atoms with Gasteiger partial charge in [0.15, 0.2) is 5.82 Å². The van der Waals surface area contributed by atoms with Crippen molar-refractivity contribution in [2.75, 3.05) is 22.1 Å². The van der Waals surface area contributed by atoms with E-state index in [1.807, 2.05) is 41.1 Å². The zero-order valence-electron chi connectivity index (χ0n) is 13.9. The number of carbonyl (C=O) groups is 1. The molecule has 2 amide bonds. The van der Waals surface area contributed by atoms with Crippen LogP contribution in [0.15, 0.2) is 60.7 Å². The summed E-state index contributed by atoms with van der Waals surface area (Å²) in [6.45, 7) is 3.76. The van der Waals surface area contributed by atoms with Crippen molar-refractivity contribution in [3.63, 3.8) is 0 Å². The first-order chi connectivity index (χ1) is 12.2. The third-order valence-corrected chi connectivity index (χ3v) is 4.16. The smallest absolute Gasteiger partial charge is 0.324 e. The first-order valence-corrected chi connectivity index (χ1v) is 8.24. The van der Waals surface area contributed by atoms with Crippen LogP contribution in [0.5, 0.6) is 0 Å². The number of aryl methyl sites for hydroxylation is 1. The maximum Gasteiger partial charge on any atom is 0.324 e. The van der Waals surface area contributed by atoms with Crippen LogP contribution in [-0.4, -0.2) is 22.4 Å². The minimum absolute atomic E-state index is 0.301. The lowest BCUT2D eigenvalue weighted by Gasteiger charge is -2.17. The molecule has 1 aromatic heterocycles. The summed E-state index contributed by atoms with van der Waals surface area (Å²) in [6, 6.07) is 19.3. The van der Waals surface area contributed by atoms with E-state index in [0.29, 0.717) is 5.82 Å². The van der Waals surface area contributed by atoms with Gasteiger partial charge in [0.05, 0.1) is 6.54 Å². The van der Waals surface area contributed by atoms with Crippen LogP contribution in [0.3, 0.4) is 0 Å². The van der Waals surface area contributed by atoms with Crippen molar-refractivity contribution in [3.8, 4) is 0 Å². The molecule has 6 heteroatoms. The third-order valence-electron chi connectivity index (χ3n) is 4.16. The van der Waals surface area contributed by atoms with E-state index in [9.17, 15) is 4.79 Å². The summed E-state index contributed by atoms with van der Waals surface area (Å²) in [5, 5.41) is 10.1. The van der Waals surface area contributed by atoms with E-state index in [4.69, 9.17) is 0 Å². The van der Waals surface area contributed by atoms with Crippen LogP contribution in [0.4, 0.5) is 27.8 Å². The molecule has 2 heterocycles. The van der Waals surface area contributed by atoms with E-state index in [-0.39, 0.29) is 6.03 Å². The Bertz CT molecular complexity index is 903. The average Bonchev–Trinajstić information content (AvgIpc) is 3.15. The molecule has 0 saturated heterocycles. The second-order valence-electron chi connectivity index (χ2n) is 6.05. The molecule has 6 nitrogen and oxygen atoms in total. The van der Waals surface area contributed by atoms with Crippen molar-refractivity contribution in [3.05, 3.63) is 66.2 Å². The number of amides is 2. The van der Waals surface area contributed by atoms with Gasteiger partial charge in [-0.3, -0.25) is 5.32 Å². The highest BCUT2D eigenvalue weighted by atomic mass is 16.2. The largest absolute Gasteiger partial charge is 0.325 e. The van der Waals surface area contributed by atoms with Crippen LogP contribution in [0, 0.1) is 6.92 Å². The minimum Gasteiger partial charge on any atom is -0.325 e. The lowest BCUT2D eigenvalue weighted by atomic mass is 10.2. The number of rotatable bonds is 3. The molecule has 0 radical (unpaired) electrons. The lowest BCUT2D eigenvalue weighted by Crippen LogP contribution is -2.20. The van der Waals surface area contributed by atoms with Crippen molar-refractivity contribution in [1.29, 1.82) is 0 Å². The second-order valence-corrected chi connectivity index (χ2v) is 6.05. The minimum atomic E-state index is -0.301. The van der Waals surface area contributed by atoms with Gasteiger partial charge in [-0.25, -0.2) is 9.48 Å². The molecule has 0 bridgehead atoms. The molecule has 2 N–H and O–H groups in total. The van der Waals surface area contributed by atoms with E-state index in [0.717, 1.165) is 30.3 Å². The second kappa shape index (κ2) is 6.32. The maximum atomic E-state index is 12.1.